The first kappa shape index (κ1) is 15.8. The third-order valence-electron chi connectivity index (χ3n) is 0. The first-order valence-electron chi connectivity index (χ1n) is 0.600. The van der Waals surface area contributed by atoms with Gasteiger partial charge in [-0.1, -0.05) is 0 Å². The van der Waals surface area contributed by atoms with Crippen LogP contribution in [-0.4, -0.2) is 66.1 Å². The monoisotopic (exact) mass is 186 g/mol. The van der Waals surface area contributed by atoms with Crippen LogP contribution in [0.15, 0.2) is 0 Å². The summed E-state index contributed by atoms with van der Waals surface area (Å²) >= 11 is 0. The maximum Gasteiger partial charge on any atom is 0 e. The minimum atomic E-state index is -2.62. The van der Waals surface area contributed by atoms with E-state index < -0.39 is 8.60 Å². The summed E-state index contributed by atoms with van der Waals surface area (Å²) in [5.41, 5.74) is 0. The molecule has 0 radical (unpaired) electrons. The summed E-state index contributed by atoms with van der Waals surface area (Å²) in [5, 5.41) is 0. The van der Waals surface area contributed by atoms with Crippen molar-refractivity contribution in [3.63, 3.8) is 0 Å². The first-order chi connectivity index (χ1) is 1.73. The van der Waals surface area contributed by atoms with Gasteiger partial charge in [0.05, 0.1) is 0 Å². The van der Waals surface area contributed by atoms with Crippen molar-refractivity contribution in [2.75, 3.05) is 0 Å². The van der Waals surface area contributed by atoms with Crippen molar-refractivity contribution in [1.82, 2.24) is 0 Å². The zero-order valence-electron chi connectivity index (χ0n) is 2.50. The molecule has 30 valence electrons. The van der Waals surface area contributed by atoms with E-state index >= 15 is 0 Å². The van der Waals surface area contributed by atoms with E-state index in [0.717, 1.165) is 0 Å². The average molecular weight is 187 g/mol. The molecule has 6 heavy (non-hydrogen) atoms. The Morgan fingerprint density at radius 3 is 1.00 bits per heavy atom. The molecule has 0 atom stereocenters. The number of rotatable bonds is 0. The summed E-state index contributed by atoms with van der Waals surface area (Å²) in [6.45, 7) is 0. The zero-order chi connectivity index (χ0) is 3.58. The van der Waals surface area contributed by atoms with Crippen LogP contribution in [0.5, 0.6) is 0 Å². The molecule has 0 aliphatic carbocycles. The molecule has 0 rings (SSSR count). The van der Waals surface area contributed by atoms with Crippen LogP contribution in [-0.2, 0) is 19.5 Å². The molecule has 0 aromatic carbocycles. The second kappa shape index (κ2) is 10.5. The van der Waals surface area contributed by atoms with Crippen LogP contribution < -0.4 is 0 Å². The molecule has 0 saturated carbocycles. The zero-order valence-corrected chi connectivity index (χ0v) is 6.36. The number of hydrogen-bond donors (Lipinski definition) is 3. The van der Waals surface area contributed by atoms with E-state index in [1.165, 1.54) is 0 Å². The van der Waals surface area contributed by atoms with Gasteiger partial charge in [0.25, 0.3) is 0 Å². The van der Waals surface area contributed by atoms with Crippen LogP contribution in [0.4, 0.5) is 0 Å². The van der Waals surface area contributed by atoms with E-state index in [-0.39, 0.29) is 70.9 Å². The van der Waals surface area contributed by atoms with Crippen molar-refractivity contribution >= 4 is 60.0 Å². The normalized spacial score (nSPS) is 6.00. The molecular formula is H4KO3PZn. The SMILES string of the molecule is OP(O)O.[KH].[Zn]. The Kier molecular flexibility index (Phi) is 27.8. The second-order valence-corrected chi connectivity index (χ2v) is 0.805. The van der Waals surface area contributed by atoms with Crippen LogP contribution in [0.25, 0.3) is 0 Å². The molecule has 0 aromatic heterocycles. The van der Waals surface area contributed by atoms with E-state index in [0.29, 0.717) is 0 Å². The van der Waals surface area contributed by atoms with Gasteiger partial charge in [0.15, 0.2) is 0 Å². The molecule has 0 aliphatic rings. The van der Waals surface area contributed by atoms with Gasteiger partial charge in [-0.05, 0) is 0 Å². The minimum absolute atomic E-state index is 0. The third-order valence-corrected chi connectivity index (χ3v) is 0. The van der Waals surface area contributed by atoms with Crippen LogP contribution in [0.1, 0.15) is 0 Å². The second-order valence-electron chi connectivity index (χ2n) is 0.268. The Morgan fingerprint density at radius 2 is 1.00 bits per heavy atom. The first-order valence-corrected chi connectivity index (χ1v) is 1.80. The van der Waals surface area contributed by atoms with Crippen LogP contribution in [0.3, 0.4) is 0 Å². The van der Waals surface area contributed by atoms with Crippen molar-refractivity contribution in [1.29, 1.82) is 0 Å². The summed E-state index contributed by atoms with van der Waals surface area (Å²) < 4.78 is 0. The predicted molar refractivity (Wildman–Crippen MR) is 20.7 cm³/mol. The molecule has 0 unspecified atom stereocenters. The minimum Gasteiger partial charge on any atom is 0 e. The van der Waals surface area contributed by atoms with E-state index in [9.17, 15) is 0 Å². The third kappa shape index (κ3) is 30.9. The molecule has 0 heterocycles. The molecular weight excluding hydrogens is 183 g/mol. The molecule has 0 fully saturated rings. The van der Waals surface area contributed by atoms with Gasteiger partial charge in [0.2, 0.25) is 0 Å². The van der Waals surface area contributed by atoms with Crippen LogP contribution in [0.2, 0.25) is 0 Å². The maximum absolute atomic E-state index is 7.23. The summed E-state index contributed by atoms with van der Waals surface area (Å²) in [5.74, 6) is 0. The molecule has 0 spiro atoms. The topological polar surface area (TPSA) is 60.7 Å². The van der Waals surface area contributed by atoms with Gasteiger partial charge in [0.1, 0.15) is 0 Å². The number of hydrogen-bond acceptors (Lipinski definition) is 3. The van der Waals surface area contributed by atoms with Crippen molar-refractivity contribution in [2.45, 2.75) is 0 Å². The Hall–Kier alpha value is 2.57. The molecule has 0 amide bonds. The van der Waals surface area contributed by atoms with Gasteiger partial charge < -0.3 is 14.7 Å². The molecule has 0 bridgehead atoms. The molecule has 0 aromatic rings. The van der Waals surface area contributed by atoms with Crippen molar-refractivity contribution in [2.24, 2.45) is 0 Å². The average Bonchev–Trinajstić information content (AvgIpc) is 0.811. The van der Waals surface area contributed by atoms with E-state index in [4.69, 9.17) is 14.7 Å². The standard InChI is InChI=1S/K.H3O3P.Zn.H/c;1-4(2)3;;/h;1-3H;;. The fraction of sp³-hybridized carbons (Fsp3) is 0. The van der Waals surface area contributed by atoms with E-state index in [1.807, 2.05) is 0 Å². The fourth-order valence-electron chi connectivity index (χ4n) is 0. The summed E-state index contributed by atoms with van der Waals surface area (Å²) in [4.78, 5) is 21.7. The molecule has 6 heteroatoms. The van der Waals surface area contributed by atoms with Crippen molar-refractivity contribution in [3.05, 3.63) is 0 Å². The van der Waals surface area contributed by atoms with Gasteiger partial charge in [-0.3, -0.25) is 0 Å². The maximum atomic E-state index is 7.23. The summed E-state index contributed by atoms with van der Waals surface area (Å²) in [6.07, 6.45) is 0. The summed E-state index contributed by atoms with van der Waals surface area (Å²) in [7, 11) is -2.62. The molecule has 3 nitrogen and oxygen atoms in total. The Labute approximate surface area is 92.3 Å². The summed E-state index contributed by atoms with van der Waals surface area (Å²) in [6, 6.07) is 0. The van der Waals surface area contributed by atoms with Crippen LogP contribution in [0, 0.1) is 0 Å². The van der Waals surface area contributed by atoms with Crippen molar-refractivity contribution < 1.29 is 34.2 Å². The largest absolute Gasteiger partial charge is 0 e. The smallest absolute Gasteiger partial charge is 0 e. The van der Waals surface area contributed by atoms with Crippen LogP contribution >= 0.6 is 8.60 Å². The van der Waals surface area contributed by atoms with Crippen molar-refractivity contribution in [3.8, 4) is 0 Å². The van der Waals surface area contributed by atoms with Gasteiger partial charge in [0, 0.05) is 19.5 Å². The Morgan fingerprint density at radius 1 is 1.00 bits per heavy atom. The van der Waals surface area contributed by atoms with E-state index in [1.54, 1.807) is 0 Å². The molecule has 3 N–H and O–H groups in total. The predicted octanol–water partition coefficient (Wildman–Crippen LogP) is -1.46. The van der Waals surface area contributed by atoms with E-state index in [2.05, 4.69) is 0 Å². The molecule has 0 aliphatic heterocycles. The van der Waals surface area contributed by atoms with Gasteiger partial charge in [-0.15, -0.1) is 0 Å². The van der Waals surface area contributed by atoms with Gasteiger partial charge in [-0.2, -0.15) is 0 Å². The van der Waals surface area contributed by atoms with Gasteiger partial charge >= 0.3 is 60.0 Å². The van der Waals surface area contributed by atoms with Gasteiger partial charge in [-0.25, -0.2) is 0 Å². The quantitative estimate of drug-likeness (QED) is 0.321. The fourth-order valence-corrected chi connectivity index (χ4v) is 0. The Balaban J connectivity index is -0.0000000450. The molecule has 0 saturated heterocycles. The Bertz CT molecular complexity index is 15.5.